The van der Waals surface area contributed by atoms with Gasteiger partial charge in [-0.2, -0.15) is 0 Å². The number of hydrogen-bond acceptors (Lipinski definition) is 3. The van der Waals surface area contributed by atoms with Crippen molar-refractivity contribution in [3.05, 3.63) is 35.4 Å². The van der Waals surface area contributed by atoms with Crippen molar-refractivity contribution >= 4 is 0 Å². The minimum absolute atomic E-state index is 0.630. The number of rotatable bonds is 3. The monoisotopic (exact) mass is 233 g/mol. The number of nitrogens with two attached hydrogens (primary N) is 1. The fourth-order valence-electron chi connectivity index (χ4n) is 2.43. The van der Waals surface area contributed by atoms with Gasteiger partial charge in [0, 0.05) is 38.8 Å². The third-order valence-corrected chi connectivity index (χ3v) is 3.61. The van der Waals surface area contributed by atoms with Gasteiger partial charge in [-0.05, 0) is 25.1 Å². The Labute approximate surface area is 104 Å². The Morgan fingerprint density at radius 1 is 1.18 bits per heavy atom. The lowest BCUT2D eigenvalue weighted by molar-refractivity contribution is 0.0938. The lowest BCUT2D eigenvalue weighted by Gasteiger charge is -2.38. The largest absolute Gasteiger partial charge is 0.326 e. The molecule has 1 aromatic rings. The quantitative estimate of drug-likeness (QED) is 0.853. The van der Waals surface area contributed by atoms with Gasteiger partial charge in [-0.3, -0.25) is 4.90 Å². The van der Waals surface area contributed by atoms with Gasteiger partial charge in [-0.15, -0.1) is 0 Å². The van der Waals surface area contributed by atoms with E-state index in [-0.39, 0.29) is 0 Å². The fourth-order valence-corrected chi connectivity index (χ4v) is 2.43. The number of piperazine rings is 1. The third-order valence-electron chi connectivity index (χ3n) is 3.61. The predicted molar refractivity (Wildman–Crippen MR) is 71.7 cm³/mol. The summed E-state index contributed by atoms with van der Waals surface area (Å²) in [5.41, 5.74) is 8.20. The molecule has 0 amide bonds. The van der Waals surface area contributed by atoms with Crippen molar-refractivity contribution < 1.29 is 0 Å². The summed E-state index contributed by atoms with van der Waals surface area (Å²) in [6.07, 6.45) is 0. The molecule has 1 fully saturated rings. The highest BCUT2D eigenvalue weighted by atomic mass is 15.3. The molecule has 0 aliphatic carbocycles. The summed E-state index contributed by atoms with van der Waals surface area (Å²) >= 11 is 0. The molecule has 0 saturated carbocycles. The van der Waals surface area contributed by atoms with Crippen molar-refractivity contribution in [1.29, 1.82) is 0 Å². The molecule has 2 N–H and O–H groups in total. The molecule has 1 aliphatic heterocycles. The molecular weight excluding hydrogens is 210 g/mol. The van der Waals surface area contributed by atoms with Crippen LogP contribution < -0.4 is 5.73 Å². The SMILES string of the molecule is CC1CN(C)CCN1Cc1ccc(CN)cc1. The smallest absolute Gasteiger partial charge is 0.0237 e. The first-order valence-electron chi connectivity index (χ1n) is 6.39. The third kappa shape index (κ3) is 3.28. The van der Waals surface area contributed by atoms with Gasteiger partial charge < -0.3 is 10.6 Å². The Bertz CT molecular complexity index is 347. The molecule has 3 nitrogen and oxygen atoms in total. The molecule has 1 aliphatic rings. The first-order valence-corrected chi connectivity index (χ1v) is 6.39. The van der Waals surface area contributed by atoms with Crippen LogP contribution in [0.4, 0.5) is 0 Å². The molecule has 17 heavy (non-hydrogen) atoms. The minimum Gasteiger partial charge on any atom is -0.326 e. The summed E-state index contributed by atoms with van der Waals surface area (Å²) < 4.78 is 0. The van der Waals surface area contributed by atoms with Gasteiger partial charge in [-0.1, -0.05) is 24.3 Å². The standard InChI is InChI=1S/C14H23N3/c1-12-10-16(2)7-8-17(12)11-14-5-3-13(9-15)4-6-14/h3-6,12H,7-11,15H2,1-2H3. The zero-order valence-electron chi connectivity index (χ0n) is 10.9. The first kappa shape index (κ1) is 12.6. The zero-order chi connectivity index (χ0) is 12.3. The molecule has 1 heterocycles. The van der Waals surface area contributed by atoms with E-state index in [0.717, 1.165) is 13.1 Å². The van der Waals surface area contributed by atoms with Gasteiger partial charge in [0.25, 0.3) is 0 Å². The Balaban J connectivity index is 1.95. The van der Waals surface area contributed by atoms with Crippen molar-refractivity contribution in [2.24, 2.45) is 5.73 Å². The molecule has 0 radical (unpaired) electrons. The van der Waals surface area contributed by atoms with Crippen LogP contribution in [0.2, 0.25) is 0 Å². The van der Waals surface area contributed by atoms with E-state index in [1.807, 2.05) is 0 Å². The van der Waals surface area contributed by atoms with E-state index in [1.165, 1.54) is 24.2 Å². The molecule has 2 rings (SSSR count). The molecule has 94 valence electrons. The van der Waals surface area contributed by atoms with E-state index >= 15 is 0 Å². The Morgan fingerprint density at radius 2 is 1.82 bits per heavy atom. The van der Waals surface area contributed by atoms with Crippen LogP contribution in [0.15, 0.2) is 24.3 Å². The van der Waals surface area contributed by atoms with Gasteiger partial charge in [-0.25, -0.2) is 0 Å². The summed E-state index contributed by atoms with van der Waals surface area (Å²) in [5, 5.41) is 0. The average Bonchev–Trinajstić information content (AvgIpc) is 2.34. The molecule has 0 aromatic heterocycles. The summed E-state index contributed by atoms with van der Waals surface area (Å²) in [5.74, 6) is 0. The van der Waals surface area contributed by atoms with Crippen LogP contribution >= 0.6 is 0 Å². The van der Waals surface area contributed by atoms with Crippen LogP contribution in [0.1, 0.15) is 18.1 Å². The summed E-state index contributed by atoms with van der Waals surface area (Å²) in [7, 11) is 2.20. The molecule has 3 heteroatoms. The summed E-state index contributed by atoms with van der Waals surface area (Å²) in [6.45, 7) is 7.50. The van der Waals surface area contributed by atoms with E-state index in [0.29, 0.717) is 12.6 Å². The number of nitrogens with zero attached hydrogens (tertiary/aromatic N) is 2. The predicted octanol–water partition coefficient (Wildman–Crippen LogP) is 1.28. The fraction of sp³-hybridized carbons (Fsp3) is 0.571. The van der Waals surface area contributed by atoms with Crippen molar-refractivity contribution in [2.75, 3.05) is 26.7 Å². The zero-order valence-corrected chi connectivity index (χ0v) is 10.9. The lowest BCUT2D eigenvalue weighted by atomic mass is 10.1. The maximum atomic E-state index is 5.61. The van der Waals surface area contributed by atoms with E-state index in [1.54, 1.807) is 0 Å². The normalized spacial score (nSPS) is 22.9. The Hall–Kier alpha value is -0.900. The van der Waals surface area contributed by atoms with Gasteiger partial charge >= 0.3 is 0 Å². The Kier molecular flexibility index (Phi) is 4.15. The summed E-state index contributed by atoms with van der Waals surface area (Å²) in [6, 6.07) is 9.31. The number of hydrogen-bond donors (Lipinski definition) is 1. The molecule has 1 aromatic carbocycles. The van der Waals surface area contributed by atoms with Gasteiger partial charge in [0.1, 0.15) is 0 Å². The van der Waals surface area contributed by atoms with Crippen LogP contribution in [-0.2, 0) is 13.1 Å². The first-order chi connectivity index (χ1) is 8.19. The van der Waals surface area contributed by atoms with Crippen molar-refractivity contribution in [3.63, 3.8) is 0 Å². The van der Waals surface area contributed by atoms with Crippen LogP contribution in [0.25, 0.3) is 0 Å². The highest BCUT2D eigenvalue weighted by molar-refractivity contribution is 5.22. The van der Waals surface area contributed by atoms with Crippen molar-refractivity contribution in [1.82, 2.24) is 9.80 Å². The van der Waals surface area contributed by atoms with Gasteiger partial charge in [0.2, 0.25) is 0 Å². The minimum atomic E-state index is 0.630. The van der Waals surface area contributed by atoms with Crippen molar-refractivity contribution in [2.45, 2.75) is 26.1 Å². The molecule has 1 atom stereocenters. The van der Waals surface area contributed by atoms with E-state index < -0.39 is 0 Å². The lowest BCUT2D eigenvalue weighted by Crippen LogP contribution is -2.49. The van der Waals surface area contributed by atoms with Crippen LogP contribution in [-0.4, -0.2) is 42.5 Å². The van der Waals surface area contributed by atoms with Crippen LogP contribution in [0.3, 0.4) is 0 Å². The average molecular weight is 233 g/mol. The second-order valence-corrected chi connectivity index (χ2v) is 5.10. The molecule has 0 bridgehead atoms. The maximum Gasteiger partial charge on any atom is 0.0237 e. The second-order valence-electron chi connectivity index (χ2n) is 5.10. The molecule has 1 saturated heterocycles. The van der Waals surface area contributed by atoms with E-state index in [9.17, 15) is 0 Å². The molecule has 0 spiro atoms. The van der Waals surface area contributed by atoms with Gasteiger partial charge in [0.15, 0.2) is 0 Å². The maximum absolute atomic E-state index is 5.61. The molecule has 1 unspecified atom stereocenters. The van der Waals surface area contributed by atoms with Gasteiger partial charge in [0.05, 0.1) is 0 Å². The molecular formula is C14H23N3. The number of likely N-dealkylation sites (N-methyl/N-ethyl adjacent to an activating group) is 1. The van der Waals surface area contributed by atoms with E-state index in [4.69, 9.17) is 5.73 Å². The Morgan fingerprint density at radius 3 is 2.41 bits per heavy atom. The van der Waals surface area contributed by atoms with Crippen LogP contribution in [0.5, 0.6) is 0 Å². The highest BCUT2D eigenvalue weighted by Gasteiger charge is 2.20. The van der Waals surface area contributed by atoms with E-state index in [2.05, 4.69) is 48.0 Å². The van der Waals surface area contributed by atoms with Crippen LogP contribution in [0, 0.1) is 0 Å². The summed E-state index contributed by atoms with van der Waals surface area (Å²) in [4.78, 5) is 4.95. The van der Waals surface area contributed by atoms with Crippen molar-refractivity contribution in [3.8, 4) is 0 Å². The highest BCUT2D eigenvalue weighted by Crippen LogP contribution is 2.13. The number of benzene rings is 1. The topological polar surface area (TPSA) is 32.5 Å². The second kappa shape index (κ2) is 5.63.